The van der Waals surface area contributed by atoms with Crippen LogP contribution < -0.4 is 14.8 Å². The Hall–Kier alpha value is -2.79. The second-order valence-corrected chi connectivity index (χ2v) is 6.41. The summed E-state index contributed by atoms with van der Waals surface area (Å²) < 4.78 is 12.2. The Bertz CT molecular complexity index is 851. The molecule has 0 aliphatic carbocycles. The van der Waals surface area contributed by atoms with Gasteiger partial charge in [0.15, 0.2) is 0 Å². The first kappa shape index (κ1) is 18.0. The normalized spacial score (nSPS) is 10.2. The summed E-state index contributed by atoms with van der Waals surface area (Å²) in [7, 11) is 0. The van der Waals surface area contributed by atoms with Gasteiger partial charge in [0.1, 0.15) is 24.7 Å². The van der Waals surface area contributed by atoms with E-state index in [1.165, 1.54) is 0 Å². The average molecular weight is 412 g/mol. The third kappa shape index (κ3) is 5.36. The number of ether oxygens (including phenoxy) is 2. The lowest BCUT2D eigenvalue weighted by Crippen LogP contribution is -2.12. The van der Waals surface area contributed by atoms with E-state index in [0.29, 0.717) is 30.2 Å². The molecule has 3 rings (SSSR count). The lowest BCUT2D eigenvalue weighted by atomic mass is 10.2. The smallest absolute Gasteiger partial charge is 0.255 e. The van der Waals surface area contributed by atoms with Gasteiger partial charge in [-0.1, -0.05) is 40.2 Å². The van der Waals surface area contributed by atoms with E-state index in [1.807, 2.05) is 60.7 Å². The Balaban J connectivity index is 1.51. The quantitative estimate of drug-likeness (QED) is 0.546. The molecule has 3 aromatic rings. The molecule has 0 aliphatic rings. The first-order valence-corrected chi connectivity index (χ1v) is 8.98. The van der Waals surface area contributed by atoms with Gasteiger partial charge in [-0.2, -0.15) is 0 Å². The van der Waals surface area contributed by atoms with Crippen molar-refractivity contribution in [2.24, 2.45) is 0 Å². The van der Waals surface area contributed by atoms with E-state index in [4.69, 9.17) is 9.47 Å². The third-order valence-electron chi connectivity index (χ3n) is 3.56. The fraction of sp³-hybridized carbons (Fsp3) is 0.0952. The van der Waals surface area contributed by atoms with Crippen molar-refractivity contribution in [3.63, 3.8) is 0 Å². The van der Waals surface area contributed by atoms with Gasteiger partial charge in [-0.05, 0) is 48.5 Å². The van der Waals surface area contributed by atoms with E-state index in [0.717, 1.165) is 10.2 Å². The number of halogens is 1. The van der Waals surface area contributed by atoms with Gasteiger partial charge >= 0.3 is 0 Å². The van der Waals surface area contributed by atoms with Gasteiger partial charge < -0.3 is 14.8 Å². The fourth-order valence-corrected chi connectivity index (χ4v) is 2.57. The summed E-state index contributed by atoms with van der Waals surface area (Å²) in [6.07, 6.45) is 0. The van der Waals surface area contributed by atoms with Crippen molar-refractivity contribution in [2.75, 3.05) is 18.5 Å². The molecule has 0 spiro atoms. The number of amides is 1. The van der Waals surface area contributed by atoms with Crippen molar-refractivity contribution in [3.8, 4) is 11.5 Å². The van der Waals surface area contributed by atoms with Gasteiger partial charge in [0, 0.05) is 21.8 Å². The standard InChI is InChI=1S/C21H18BrNO3/c22-17-11-9-16(10-12-17)21(24)23-18-5-4-8-20(15-18)26-14-13-25-19-6-2-1-3-7-19/h1-12,15H,13-14H2,(H,23,24). The maximum absolute atomic E-state index is 12.3. The number of para-hydroxylation sites is 1. The number of hydrogen-bond acceptors (Lipinski definition) is 3. The molecule has 0 aromatic heterocycles. The highest BCUT2D eigenvalue weighted by Gasteiger charge is 2.06. The van der Waals surface area contributed by atoms with E-state index >= 15 is 0 Å². The van der Waals surface area contributed by atoms with E-state index in [2.05, 4.69) is 21.2 Å². The minimum Gasteiger partial charge on any atom is -0.490 e. The van der Waals surface area contributed by atoms with Crippen molar-refractivity contribution >= 4 is 27.5 Å². The highest BCUT2D eigenvalue weighted by molar-refractivity contribution is 9.10. The number of anilines is 1. The van der Waals surface area contributed by atoms with Gasteiger partial charge in [-0.3, -0.25) is 4.79 Å². The summed E-state index contributed by atoms with van der Waals surface area (Å²) in [5.41, 5.74) is 1.27. The van der Waals surface area contributed by atoms with Gasteiger partial charge in [-0.25, -0.2) is 0 Å². The molecule has 0 aliphatic heterocycles. The number of rotatable bonds is 7. The number of benzene rings is 3. The Morgan fingerprint density at radius 2 is 1.46 bits per heavy atom. The predicted molar refractivity (Wildman–Crippen MR) is 106 cm³/mol. The summed E-state index contributed by atoms with van der Waals surface area (Å²) in [6, 6.07) is 24.1. The second-order valence-electron chi connectivity index (χ2n) is 5.50. The van der Waals surface area contributed by atoms with Crippen LogP contribution in [0.4, 0.5) is 5.69 Å². The topological polar surface area (TPSA) is 47.6 Å². The van der Waals surface area contributed by atoms with Crippen molar-refractivity contribution in [2.45, 2.75) is 0 Å². The predicted octanol–water partition coefficient (Wildman–Crippen LogP) is 5.16. The van der Waals surface area contributed by atoms with Crippen molar-refractivity contribution in [3.05, 3.63) is 88.9 Å². The van der Waals surface area contributed by atoms with Crippen molar-refractivity contribution in [1.82, 2.24) is 0 Å². The first-order chi connectivity index (χ1) is 12.7. The third-order valence-corrected chi connectivity index (χ3v) is 4.09. The van der Waals surface area contributed by atoms with Gasteiger partial charge in [0.25, 0.3) is 5.91 Å². The summed E-state index contributed by atoms with van der Waals surface area (Å²) in [6.45, 7) is 0.860. The van der Waals surface area contributed by atoms with Crippen LogP contribution in [-0.4, -0.2) is 19.1 Å². The van der Waals surface area contributed by atoms with Crippen LogP contribution in [0, 0.1) is 0 Å². The molecular formula is C21H18BrNO3. The van der Waals surface area contributed by atoms with Crippen LogP contribution in [0.15, 0.2) is 83.3 Å². The Kier molecular flexibility index (Phi) is 6.28. The second kappa shape index (κ2) is 9.06. The van der Waals surface area contributed by atoms with Crippen LogP contribution in [0.25, 0.3) is 0 Å². The molecular weight excluding hydrogens is 394 g/mol. The number of carbonyl (C=O) groups excluding carboxylic acids is 1. The maximum Gasteiger partial charge on any atom is 0.255 e. The molecule has 26 heavy (non-hydrogen) atoms. The van der Waals surface area contributed by atoms with Crippen LogP contribution in [0.3, 0.4) is 0 Å². The highest BCUT2D eigenvalue weighted by Crippen LogP contribution is 2.19. The number of hydrogen-bond donors (Lipinski definition) is 1. The van der Waals surface area contributed by atoms with E-state index in [-0.39, 0.29) is 5.91 Å². The van der Waals surface area contributed by atoms with Crippen LogP contribution in [0.5, 0.6) is 11.5 Å². The molecule has 0 fully saturated rings. The molecule has 5 heteroatoms. The average Bonchev–Trinajstić information content (AvgIpc) is 2.67. The Morgan fingerprint density at radius 3 is 2.19 bits per heavy atom. The van der Waals surface area contributed by atoms with Crippen LogP contribution in [0.1, 0.15) is 10.4 Å². The SMILES string of the molecule is O=C(Nc1cccc(OCCOc2ccccc2)c1)c1ccc(Br)cc1. The Labute approximate surface area is 160 Å². The lowest BCUT2D eigenvalue weighted by Gasteiger charge is -2.10. The van der Waals surface area contributed by atoms with Crippen molar-refractivity contribution < 1.29 is 14.3 Å². The maximum atomic E-state index is 12.3. The molecule has 0 saturated carbocycles. The minimum atomic E-state index is -0.165. The highest BCUT2D eigenvalue weighted by atomic mass is 79.9. The van der Waals surface area contributed by atoms with Gasteiger partial charge in [0.05, 0.1) is 0 Å². The fourth-order valence-electron chi connectivity index (χ4n) is 2.30. The van der Waals surface area contributed by atoms with Crippen LogP contribution >= 0.6 is 15.9 Å². The number of nitrogens with one attached hydrogen (secondary N) is 1. The van der Waals surface area contributed by atoms with Crippen LogP contribution in [0.2, 0.25) is 0 Å². The van der Waals surface area contributed by atoms with Crippen molar-refractivity contribution in [1.29, 1.82) is 0 Å². The lowest BCUT2D eigenvalue weighted by molar-refractivity contribution is 0.102. The summed E-state index contributed by atoms with van der Waals surface area (Å²) >= 11 is 3.36. The molecule has 3 aromatic carbocycles. The zero-order valence-electron chi connectivity index (χ0n) is 14.0. The monoisotopic (exact) mass is 411 g/mol. The minimum absolute atomic E-state index is 0.165. The first-order valence-electron chi connectivity index (χ1n) is 8.18. The van der Waals surface area contributed by atoms with E-state index in [1.54, 1.807) is 18.2 Å². The zero-order valence-corrected chi connectivity index (χ0v) is 15.6. The molecule has 0 unspecified atom stereocenters. The molecule has 1 N–H and O–H groups in total. The molecule has 0 saturated heterocycles. The number of carbonyl (C=O) groups is 1. The molecule has 0 radical (unpaired) electrons. The molecule has 4 nitrogen and oxygen atoms in total. The molecule has 0 atom stereocenters. The van der Waals surface area contributed by atoms with Gasteiger partial charge in [0.2, 0.25) is 0 Å². The summed E-state index contributed by atoms with van der Waals surface area (Å²) in [5, 5.41) is 2.87. The molecule has 1 amide bonds. The molecule has 0 bridgehead atoms. The molecule has 132 valence electrons. The van der Waals surface area contributed by atoms with Gasteiger partial charge in [-0.15, -0.1) is 0 Å². The van der Waals surface area contributed by atoms with E-state index < -0.39 is 0 Å². The van der Waals surface area contributed by atoms with Crippen LogP contribution in [-0.2, 0) is 0 Å². The van der Waals surface area contributed by atoms with E-state index in [9.17, 15) is 4.79 Å². The summed E-state index contributed by atoms with van der Waals surface area (Å²) in [4.78, 5) is 12.3. The Morgan fingerprint density at radius 1 is 0.808 bits per heavy atom. The summed E-state index contributed by atoms with van der Waals surface area (Å²) in [5.74, 6) is 1.32. The molecule has 0 heterocycles. The largest absolute Gasteiger partial charge is 0.490 e. The zero-order chi connectivity index (χ0) is 18.2.